The quantitative estimate of drug-likeness (QED) is 0.621. The van der Waals surface area contributed by atoms with Crippen molar-refractivity contribution >= 4 is 26.6 Å². The molecule has 1 aliphatic heterocycles. The Kier molecular flexibility index (Phi) is 6.12. The molecular weight excluding hydrogens is 424 g/mol. The zero-order chi connectivity index (χ0) is 22.0. The van der Waals surface area contributed by atoms with Crippen LogP contribution in [0.3, 0.4) is 0 Å². The van der Waals surface area contributed by atoms with Crippen molar-refractivity contribution in [1.82, 2.24) is 19.8 Å². The van der Waals surface area contributed by atoms with E-state index in [1.165, 1.54) is 12.1 Å². The van der Waals surface area contributed by atoms with Crippen LogP contribution < -0.4 is 5.73 Å². The van der Waals surface area contributed by atoms with E-state index in [0.717, 1.165) is 42.6 Å². The number of alkyl halides is 2. The number of benzene rings is 2. The lowest BCUT2D eigenvalue weighted by molar-refractivity contribution is 0.120. The number of halogens is 2. The van der Waals surface area contributed by atoms with Crippen molar-refractivity contribution in [2.24, 2.45) is 0 Å². The summed E-state index contributed by atoms with van der Waals surface area (Å²) in [5, 5.41) is 0.850. The summed E-state index contributed by atoms with van der Waals surface area (Å²) in [7, 11) is -4.56. The standard InChI is InChI=1S/C21H23F2N5O2S/c22-21(23)31(29,30)16-7-5-15(6-8-16)13-27-9-11-28(12-10-27)14-19-25-18-4-2-1-3-17(18)20(24)26-19/h1-8,21H,9-14H2,(H2,24,25,26). The van der Waals surface area contributed by atoms with E-state index in [-0.39, 0.29) is 4.90 Å². The molecule has 0 saturated carbocycles. The van der Waals surface area contributed by atoms with Gasteiger partial charge in [-0.05, 0) is 29.8 Å². The number of fused-ring (bicyclic) bond motifs is 1. The summed E-state index contributed by atoms with van der Waals surface area (Å²) in [6.45, 7) is 4.54. The third-order valence-corrected chi connectivity index (χ3v) is 6.80. The van der Waals surface area contributed by atoms with Crippen LogP contribution in [0.4, 0.5) is 14.6 Å². The topological polar surface area (TPSA) is 92.4 Å². The van der Waals surface area contributed by atoms with Gasteiger partial charge in [-0.15, -0.1) is 0 Å². The van der Waals surface area contributed by atoms with Gasteiger partial charge in [0, 0.05) is 38.1 Å². The van der Waals surface area contributed by atoms with Crippen molar-refractivity contribution in [1.29, 1.82) is 0 Å². The molecule has 4 rings (SSSR count). The van der Waals surface area contributed by atoms with Crippen LogP contribution in [0.15, 0.2) is 53.4 Å². The Morgan fingerprint density at radius 2 is 1.52 bits per heavy atom. The SMILES string of the molecule is Nc1nc(CN2CCN(Cc3ccc(S(=O)(=O)C(F)F)cc3)CC2)nc2ccccc12. The Labute approximate surface area is 179 Å². The summed E-state index contributed by atoms with van der Waals surface area (Å²) in [5.41, 5.74) is 7.78. The first-order valence-electron chi connectivity index (χ1n) is 9.90. The number of nitrogen functional groups attached to an aromatic ring is 1. The van der Waals surface area contributed by atoms with Gasteiger partial charge in [0.15, 0.2) is 0 Å². The highest BCUT2D eigenvalue weighted by Crippen LogP contribution is 2.20. The molecule has 164 valence electrons. The highest BCUT2D eigenvalue weighted by molar-refractivity contribution is 7.91. The summed E-state index contributed by atoms with van der Waals surface area (Å²) in [6, 6.07) is 13.3. The zero-order valence-corrected chi connectivity index (χ0v) is 17.6. The lowest BCUT2D eigenvalue weighted by Crippen LogP contribution is -2.45. The fraction of sp³-hybridized carbons (Fsp3) is 0.333. The molecule has 1 aliphatic rings. The molecule has 0 amide bonds. The molecule has 2 N–H and O–H groups in total. The Bertz CT molecular complexity index is 1160. The van der Waals surface area contributed by atoms with Crippen LogP contribution >= 0.6 is 0 Å². The molecule has 3 aromatic rings. The number of nitrogens with two attached hydrogens (primary N) is 1. The van der Waals surface area contributed by atoms with Gasteiger partial charge in [0.1, 0.15) is 11.6 Å². The molecule has 0 unspecified atom stereocenters. The molecule has 1 fully saturated rings. The third kappa shape index (κ3) is 4.81. The largest absolute Gasteiger partial charge is 0.383 e. The lowest BCUT2D eigenvalue weighted by Gasteiger charge is -2.34. The minimum Gasteiger partial charge on any atom is -0.383 e. The molecular formula is C21H23F2N5O2S. The second-order valence-electron chi connectivity index (χ2n) is 7.54. The van der Waals surface area contributed by atoms with Gasteiger partial charge in [0.05, 0.1) is 17.0 Å². The number of hydrogen-bond acceptors (Lipinski definition) is 7. The maximum absolute atomic E-state index is 12.6. The smallest absolute Gasteiger partial charge is 0.341 e. The van der Waals surface area contributed by atoms with Crippen LogP contribution in [0, 0.1) is 0 Å². The third-order valence-electron chi connectivity index (χ3n) is 5.40. The van der Waals surface area contributed by atoms with Gasteiger partial charge < -0.3 is 5.73 Å². The van der Waals surface area contributed by atoms with Crippen molar-refractivity contribution in [3.63, 3.8) is 0 Å². The number of aromatic nitrogens is 2. The minimum atomic E-state index is -4.56. The van der Waals surface area contributed by atoms with Crippen molar-refractivity contribution in [2.75, 3.05) is 31.9 Å². The first kappa shape index (κ1) is 21.5. The number of piperazine rings is 1. The molecule has 10 heteroatoms. The average molecular weight is 448 g/mol. The van der Waals surface area contributed by atoms with Crippen LogP contribution in [0.5, 0.6) is 0 Å². The van der Waals surface area contributed by atoms with Crippen molar-refractivity contribution in [3.05, 3.63) is 59.9 Å². The number of hydrogen-bond donors (Lipinski definition) is 1. The van der Waals surface area contributed by atoms with E-state index in [4.69, 9.17) is 5.73 Å². The van der Waals surface area contributed by atoms with Crippen LogP contribution in [0.1, 0.15) is 11.4 Å². The molecule has 2 heterocycles. The van der Waals surface area contributed by atoms with E-state index >= 15 is 0 Å². The molecule has 0 radical (unpaired) electrons. The molecule has 7 nitrogen and oxygen atoms in total. The van der Waals surface area contributed by atoms with Gasteiger partial charge in [-0.25, -0.2) is 18.4 Å². The Hall–Kier alpha value is -2.69. The van der Waals surface area contributed by atoms with E-state index in [1.807, 2.05) is 24.3 Å². The first-order chi connectivity index (χ1) is 14.8. The van der Waals surface area contributed by atoms with E-state index in [9.17, 15) is 17.2 Å². The number of anilines is 1. The van der Waals surface area contributed by atoms with Crippen LogP contribution in [-0.4, -0.2) is 60.1 Å². The summed E-state index contributed by atoms with van der Waals surface area (Å²) in [6.07, 6.45) is 0. The molecule has 0 spiro atoms. The molecule has 2 aromatic carbocycles. The summed E-state index contributed by atoms with van der Waals surface area (Å²) in [4.78, 5) is 13.2. The summed E-state index contributed by atoms with van der Waals surface area (Å²) in [5.74, 6) is -2.23. The predicted molar refractivity (Wildman–Crippen MR) is 114 cm³/mol. The fourth-order valence-electron chi connectivity index (χ4n) is 3.67. The summed E-state index contributed by atoms with van der Waals surface area (Å²) >= 11 is 0. The van der Waals surface area contributed by atoms with Crippen LogP contribution in [-0.2, 0) is 22.9 Å². The van der Waals surface area contributed by atoms with E-state index in [2.05, 4.69) is 19.8 Å². The first-order valence-corrected chi connectivity index (χ1v) is 11.4. The van der Waals surface area contributed by atoms with Crippen molar-refractivity contribution in [3.8, 4) is 0 Å². The number of sulfone groups is 1. The Balaban J connectivity index is 1.33. The molecule has 1 aromatic heterocycles. The maximum atomic E-state index is 12.6. The number of rotatable bonds is 6. The fourth-order valence-corrected chi connectivity index (χ4v) is 4.39. The Morgan fingerprint density at radius 3 is 2.16 bits per heavy atom. The molecule has 0 aliphatic carbocycles. The van der Waals surface area contributed by atoms with E-state index in [1.54, 1.807) is 12.1 Å². The van der Waals surface area contributed by atoms with Crippen LogP contribution in [0.25, 0.3) is 10.9 Å². The predicted octanol–water partition coefficient (Wildman–Crippen LogP) is 2.53. The molecule has 0 atom stereocenters. The van der Waals surface area contributed by atoms with Gasteiger partial charge in [0.2, 0.25) is 9.84 Å². The van der Waals surface area contributed by atoms with Crippen molar-refractivity contribution < 1.29 is 17.2 Å². The van der Waals surface area contributed by atoms with E-state index < -0.39 is 15.6 Å². The molecule has 31 heavy (non-hydrogen) atoms. The molecule has 0 bridgehead atoms. The second-order valence-corrected chi connectivity index (χ2v) is 9.46. The van der Waals surface area contributed by atoms with Gasteiger partial charge in [-0.2, -0.15) is 8.78 Å². The van der Waals surface area contributed by atoms with Gasteiger partial charge in [0.25, 0.3) is 0 Å². The van der Waals surface area contributed by atoms with Gasteiger partial charge in [-0.3, -0.25) is 9.80 Å². The highest BCUT2D eigenvalue weighted by Gasteiger charge is 2.26. The second kappa shape index (κ2) is 8.81. The Morgan fingerprint density at radius 1 is 0.903 bits per heavy atom. The van der Waals surface area contributed by atoms with Crippen molar-refractivity contribution in [2.45, 2.75) is 23.7 Å². The lowest BCUT2D eigenvalue weighted by atomic mass is 10.2. The van der Waals surface area contributed by atoms with Gasteiger partial charge >= 0.3 is 5.76 Å². The number of para-hydroxylation sites is 1. The minimum absolute atomic E-state index is 0.356. The monoisotopic (exact) mass is 447 g/mol. The normalized spacial score (nSPS) is 16.2. The molecule has 1 saturated heterocycles. The van der Waals surface area contributed by atoms with Gasteiger partial charge in [-0.1, -0.05) is 24.3 Å². The number of nitrogens with zero attached hydrogens (tertiary/aromatic N) is 4. The summed E-state index contributed by atoms with van der Waals surface area (Å²) < 4.78 is 48.4. The average Bonchev–Trinajstić information content (AvgIpc) is 2.75. The van der Waals surface area contributed by atoms with Crippen LogP contribution in [0.2, 0.25) is 0 Å². The zero-order valence-electron chi connectivity index (χ0n) is 16.8. The maximum Gasteiger partial charge on any atom is 0.341 e. The highest BCUT2D eigenvalue weighted by atomic mass is 32.2. The van der Waals surface area contributed by atoms with E-state index in [0.29, 0.717) is 24.7 Å².